The Hall–Kier alpha value is -3.13. The SMILES string of the molecule is COC(=O)CC(C)(NCC(=O)NC(C)c1cc(OC)ccc1OC)c1ccccn1. The molecular weight excluding hydrogens is 386 g/mol. The summed E-state index contributed by atoms with van der Waals surface area (Å²) in [6.45, 7) is 3.66. The molecule has 0 radical (unpaired) electrons. The second-order valence-corrected chi connectivity index (χ2v) is 7.05. The lowest BCUT2D eigenvalue weighted by Crippen LogP contribution is -2.47. The van der Waals surface area contributed by atoms with E-state index in [1.165, 1.54) is 7.11 Å². The number of pyridine rings is 1. The summed E-state index contributed by atoms with van der Waals surface area (Å²) < 4.78 is 15.5. The fourth-order valence-corrected chi connectivity index (χ4v) is 3.12. The molecule has 2 rings (SSSR count). The second-order valence-electron chi connectivity index (χ2n) is 7.05. The highest BCUT2D eigenvalue weighted by molar-refractivity contribution is 5.79. The summed E-state index contributed by atoms with van der Waals surface area (Å²) in [6.07, 6.45) is 1.68. The highest BCUT2D eigenvalue weighted by Crippen LogP contribution is 2.29. The molecule has 8 nitrogen and oxygen atoms in total. The summed E-state index contributed by atoms with van der Waals surface area (Å²) in [4.78, 5) is 28.9. The fraction of sp³-hybridized carbons (Fsp3) is 0.409. The maximum absolute atomic E-state index is 12.6. The monoisotopic (exact) mass is 415 g/mol. The molecule has 0 fully saturated rings. The van der Waals surface area contributed by atoms with Gasteiger partial charge in [-0.3, -0.25) is 19.9 Å². The van der Waals surface area contributed by atoms with Gasteiger partial charge in [0.25, 0.3) is 0 Å². The summed E-state index contributed by atoms with van der Waals surface area (Å²) in [5, 5.41) is 6.09. The van der Waals surface area contributed by atoms with Crippen LogP contribution in [0.1, 0.15) is 37.6 Å². The molecule has 0 aliphatic carbocycles. The summed E-state index contributed by atoms with van der Waals surface area (Å²) in [5.41, 5.74) is 0.584. The quantitative estimate of drug-likeness (QED) is 0.575. The van der Waals surface area contributed by atoms with Crippen molar-refractivity contribution in [3.63, 3.8) is 0 Å². The molecule has 162 valence electrons. The first-order valence-electron chi connectivity index (χ1n) is 9.57. The lowest BCUT2D eigenvalue weighted by Gasteiger charge is -2.29. The van der Waals surface area contributed by atoms with E-state index in [-0.39, 0.29) is 24.9 Å². The van der Waals surface area contributed by atoms with E-state index in [1.54, 1.807) is 44.7 Å². The van der Waals surface area contributed by atoms with Gasteiger partial charge in [-0.25, -0.2) is 0 Å². The number of esters is 1. The number of nitrogens with one attached hydrogen (secondary N) is 2. The van der Waals surface area contributed by atoms with Crippen molar-refractivity contribution >= 4 is 11.9 Å². The zero-order valence-corrected chi connectivity index (χ0v) is 18.0. The average molecular weight is 415 g/mol. The number of rotatable bonds is 10. The number of carbonyl (C=O) groups is 2. The molecule has 2 atom stereocenters. The van der Waals surface area contributed by atoms with Crippen molar-refractivity contribution in [2.24, 2.45) is 0 Å². The topological polar surface area (TPSA) is 98.8 Å². The minimum absolute atomic E-state index is 0.0132. The van der Waals surface area contributed by atoms with Crippen LogP contribution in [0, 0.1) is 0 Å². The first-order valence-corrected chi connectivity index (χ1v) is 9.57. The van der Waals surface area contributed by atoms with Gasteiger partial charge >= 0.3 is 5.97 Å². The Morgan fingerprint density at radius 2 is 1.90 bits per heavy atom. The Bertz CT molecular complexity index is 859. The molecule has 30 heavy (non-hydrogen) atoms. The van der Waals surface area contributed by atoms with Crippen LogP contribution in [0.15, 0.2) is 42.6 Å². The van der Waals surface area contributed by atoms with E-state index in [1.807, 2.05) is 26.0 Å². The third-order valence-corrected chi connectivity index (χ3v) is 4.88. The normalized spacial score (nSPS) is 13.6. The van der Waals surface area contributed by atoms with Crippen molar-refractivity contribution in [2.75, 3.05) is 27.9 Å². The molecule has 1 heterocycles. The Labute approximate surface area is 176 Å². The molecule has 1 amide bonds. The van der Waals surface area contributed by atoms with Gasteiger partial charge in [0.2, 0.25) is 5.91 Å². The number of methoxy groups -OCH3 is 3. The number of ether oxygens (including phenoxy) is 3. The third kappa shape index (κ3) is 5.93. The van der Waals surface area contributed by atoms with E-state index in [0.717, 1.165) is 5.56 Å². The first-order chi connectivity index (χ1) is 14.3. The molecule has 8 heteroatoms. The van der Waals surface area contributed by atoms with Gasteiger partial charge in [-0.1, -0.05) is 6.07 Å². The van der Waals surface area contributed by atoms with E-state index in [0.29, 0.717) is 17.2 Å². The van der Waals surface area contributed by atoms with Crippen molar-refractivity contribution < 1.29 is 23.8 Å². The van der Waals surface area contributed by atoms with Gasteiger partial charge in [-0.2, -0.15) is 0 Å². The number of hydrogen-bond donors (Lipinski definition) is 2. The Morgan fingerprint density at radius 1 is 1.13 bits per heavy atom. The van der Waals surface area contributed by atoms with E-state index >= 15 is 0 Å². The van der Waals surface area contributed by atoms with Crippen molar-refractivity contribution in [1.82, 2.24) is 15.6 Å². The van der Waals surface area contributed by atoms with E-state index in [9.17, 15) is 9.59 Å². The average Bonchev–Trinajstić information content (AvgIpc) is 2.77. The van der Waals surface area contributed by atoms with Crippen LogP contribution in [0.3, 0.4) is 0 Å². The molecule has 0 saturated carbocycles. The highest BCUT2D eigenvalue weighted by Gasteiger charge is 2.32. The van der Waals surface area contributed by atoms with Crippen molar-refractivity contribution in [1.29, 1.82) is 0 Å². The summed E-state index contributed by atoms with van der Waals surface area (Å²) >= 11 is 0. The van der Waals surface area contributed by atoms with Gasteiger partial charge in [0.05, 0.1) is 51.6 Å². The van der Waals surface area contributed by atoms with Crippen LogP contribution >= 0.6 is 0 Å². The number of benzene rings is 1. The van der Waals surface area contributed by atoms with Crippen molar-refractivity contribution in [2.45, 2.75) is 31.8 Å². The van der Waals surface area contributed by atoms with E-state index < -0.39 is 11.5 Å². The Balaban J connectivity index is 2.10. The molecule has 2 unspecified atom stereocenters. The lowest BCUT2D eigenvalue weighted by atomic mass is 9.92. The van der Waals surface area contributed by atoms with Crippen LogP contribution in [0.5, 0.6) is 11.5 Å². The van der Waals surface area contributed by atoms with Crippen molar-refractivity contribution in [3.05, 3.63) is 53.9 Å². The standard InChI is InChI=1S/C22H29N3O5/c1-15(17-12-16(28-3)9-10-18(17)29-4)25-20(26)14-24-22(2,13-21(27)30-5)19-8-6-7-11-23-19/h6-12,15,24H,13-14H2,1-5H3,(H,25,26). The molecule has 0 aliphatic heterocycles. The number of hydrogen-bond acceptors (Lipinski definition) is 7. The van der Waals surface area contributed by atoms with Gasteiger partial charge in [-0.05, 0) is 44.2 Å². The van der Waals surface area contributed by atoms with Crippen LogP contribution in [-0.4, -0.2) is 44.7 Å². The zero-order valence-electron chi connectivity index (χ0n) is 18.0. The fourth-order valence-electron chi connectivity index (χ4n) is 3.12. The van der Waals surface area contributed by atoms with Gasteiger partial charge in [0, 0.05) is 11.8 Å². The van der Waals surface area contributed by atoms with Crippen LogP contribution in [0.25, 0.3) is 0 Å². The first kappa shape index (κ1) is 23.2. The Morgan fingerprint density at radius 3 is 2.50 bits per heavy atom. The number of nitrogens with zero attached hydrogens (tertiary/aromatic N) is 1. The third-order valence-electron chi connectivity index (χ3n) is 4.88. The maximum Gasteiger partial charge on any atom is 0.307 e. The summed E-state index contributed by atoms with van der Waals surface area (Å²) in [7, 11) is 4.49. The molecule has 0 bridgehead atoms. The zero-order chi connectivity index (χ0) is 22.1. The minimum atomic E-state index is -0.859. The van der Waals surface area contributed by atoms with E-state index in [4.69, 9.17) is 14.2 Å². The maximum atomic E-state index is 12.6. The lowest BCUT2D eigenvalue weighted by molar-refractivity contribution is -0.142. The van der Waals surface area contributed by atoms with Crippen molar-refractivity contribution in [3.8, 4) is 11.5 Å². The second kappa shape index (κ2) is 10.6. The molecule has 2 aromatic rings. The van der Waals surface area contributed by atoms with Gasteiger partial charge in [0.15, 0.2) is 0 Å². The van der Waals surface area contributed by atoms with Crippen LogP contribution in [0.2, 0.25) is 0 Å². The number of amides is 1. The summed E-state index contributed by atoms with van der Waals surface area (Å²) in [6, 6.07) is 10.5. The van der Waals surface area contributed by atoms with E-state index in [2.05, 4.69) is 15.6 Å². The van der Waals surface area contributed by atoms with Gasteiger partial charge < -0.3 is 19.5 Å². The molecule has 1 aromatic heterocycles. The van der Waals surface area contributed by atoms with Crippen LogP contribution < -0.4 is 20.1 Å². The Kier molecular flexibility index (Phi) is 8.17. The molecule has 0 aliphatic rings. The minimum Gasteiger partial charge on any atom is -0.497 e. The summed E-state index contributed by atoms with van der Waals surface area (Å²) in [5.74, 6) is 0.691. The molecule has 2 N–H and O–H groups in total. The highest BCUT2D eigenvalue weighted by atomic mass is 16.5. The predicted molar refractivity (Wildman–Crippen MR) is 112 cm³/mol. The smallest absolute Gasteiger partial charge is 0.307 e. The number of carbonyl (C=O) groups excluding carboxylic acids is 2. The molecule has 0 saturated heterocycles. The molecular formula is C22H29N3O5. The van der Waals surface area contributed by atoms with Crippen LogP contribution in [-0.2, 0) is 19.9 Å². The van der Waals surface area contributed by atoms with Gasteiger partial charge in [-0.15, -0.1) is 0 Å². The number of aromatic nitrogens is 1. The predicted octanol–water partition coefficient (Wildman–Crippen LogP) is 2.34. The van der Waals surface area contributed by atoms with Crippen LogP contribution in [0.4, 0.5) is 0 Å². The molecule has 1 aromatic carbocycles. The van der Waals surface area contributed by atoms with Gasteiger partial charge in [0.1, 0.15) is 11.5 Å². The largest absolute Gasteiger partial charge is 0.497 e. The molecule has 0 spiro atoms.